The van der Waals surface area contributed by atoms with Gasteiger partial charge >= 0.3 is 0 Å². The third kappa shape index (κ3) is 3.72. The molecule has 9 aromatic carbocycles. The molecule has 0 unspecified atom stereocenters. The maximum atomic E-state index is 6.27. The van der Waals surface area contributed by atoms with E-state index in [0.717, 1.165) is 21.9 Å². The van der Waals surface area contributed by atoms with E-state index < -0.39 is 0 Å². The van der Waals surface area contributed by atoms with Crippen molar-refractivity contribution in [3.05, 3.63) is 169 Å². The van der Waals surface area contributed by atoms with Gasteiger partial charge in [-0.1, -0.05) is 135 Å². The highest BCUT2D eigenvalue weighted by molar-refractivity contribution is 6.21. The maximum Gasteiger partial charge on any atom is 0.135 e. The van der Waals surface area contributed by atoms with E-state index in [1.54, 1.807) is 0 Å². The van der Waals surface area contributed by atoms with Crippen LogP contribution in [0.25, 0.3) is 98.4 Å². The van der Waals surface area contributed by atoms with Gasteiger partial charge in [0, 0.05) is 16.2 Å². The van der Waals surface area contributed by atoms with Crippen LogP contribution in [0.5, 0.6) is 0 Å². The topological polar surface area (TPSA) is 13.1 Å². The Labute approximate surface area is 290 Å². The Morgan fingerprint density at radius 2 is 1.02 bits per heavy atom. The Kier molecular flexibility index (Phi) is 5.51. The van der Waals surface area contributed by atoms with E-state index in [9.17, 15) is 0 Å². The summed E-state index contributed by atoms with van der Waals surface area (Å²) in [5.41, 5.74) is 12.2. The molecule has 1 heteroatoms. The standard InChI is InChI=1S/C49H32O/c1-49(2)42-17-9-7-16-39(42)48-43(49)28-33-25-31(20-22-36(33)47(48)32-21-24-45-41(27-32)37-15-8-10-18-44(37)50-45)46-35-14-6-4-12-30(35)26-40-34-13-5-3-11-29(34)19-23-38(40)46/h3-28H,1-2H3. The van der Waals surface area contributed by atoms with Gasteiger partial charge in [-0.15, -0.1) is 0 Å². The van der Waals surface area contributed by atoms with Crippen LogP contribution in [-0.2, 0) is 5.41 Å². The lowest BCUT2D eigenvalue weighted by Crippen LogP contribution is -2.15. The van der Waals surface area contributed by atoms with Crippen LogP contribution >= 0.6 is 0 Å². The first-order valence-electron chi connectivity index (χ1n) is 17.5. The summed E-state index contributed by atoms with van der Waals surface area (Å²) < 4.78 is 6.27. The zero-order valence-electron chi connectivity index (χ0n) is 27.9. The highest BCUT2D eigenvalue weighted by Crippen LogP contribution is 2.55. The molecule has 0 radical (unpaired) electrons. The van der Waals surface area contributed by atoms with Gasteiger partial charge in [-0.25, -0.2) is 0 Å². The molecule has 1 aliphatic carbocycles. The van der Waals surface area contributed by atoms with Crippen LogP contribution in [0.2, 0.25) is 0 Å². The third-order valence-electron chi connectivity index (χ3n) is 11.4. The third-order valence-corrected chi connectivity index (χ3v) is 11.4. The van der Waals surface area contributed by atoms with Crippen LogP contribution < -0.4 is 0 Å². The summed E-state index contributed by atoms with van der Waals surface area (Å²) in [7, 11) is 0. The second-order valence-electron chi connectivity index (χ2n) is 14.4. The minimum absolute atomic E-state index is 0.137. The first kappa shape index (κ1) is 27.7. The smallest absolute Gasteiger partial charge is 0.135 e. The predicted octanol–water partition coefficient (Wildman–Crippen LogP) is 13.8. The van der Waals surface area contributed by atoms with Gasteiger partial charge < -0.3 is 4.42 Å². The SMILES string of the molecule is CC1(C)c2ccccc2-c2c1cc1cc(-c3c4ccccc4cc4c3ccc3ccccc34)ccc1c2-c1ccc2oc3ccccc3c2c1. The van der Waals surface area contributed by atoms with E-state index in [1.807, 2.05) is 6.07 Å². The minimum atomic E-state index is -0.137. The predicted molar refractivity (Wildman–Crippen MR) is 212 cm³/mol. The van der Waals surface area contributed by atoms with Crippen LogP contribution in [-0.4, -0.2) is 0 Å². The number of fused-ring (bicyclic) bond motifs is 11. The van der Waals surface area contributed by atoms with Crippen molar-refractivity contribution in [2.24, 2.45) is 0 Å². The quantitative estimate of drug-likeness (QED) is 0.136. The van der Waals surface area contributed by atoms with Crippen LogP contribution in [0.3, 0.4) is 0 Å². The van der Waals surface area contributed by atoms with Gasteiger partial charge in [0.2, 0.25) is 0 Å². The number of hydrogen-bond donors (Lipinski definition) is 0. The average molecular weight is 637 g/mol. The van der Waals surface area contributed by atoms with Crippen molar-refractivity contribution in [3.63, 3.8) is 0 Å². The molecule has 0 amide bonds. The molecule has 0 saturated heterocycles. The second-order valence-corrected chi connectivity index (χ2v) is 14.4. The van der Waals surface area contributed by atoms with E-state index in [2.05, 4.69) is 166 Å². The molecule has 11 rings (SSSR count). The lowest BCUT2D eigenvalue weighted by Gasteiger charge is -2.23. The van der Waals surface area contributed by atoms with Crippen molar-refractivity contribution in [3.8, 4) is 33.4 Å². The first-order chi connectivity index (χ1) is 24.5. The number of furan rings is 1. The number of benzene rings is 9. The molecule has 0 saturated carbocycles. The molecule has 1 heterocycles. The molecule has 234 valence electrons. The maximum absolute atomic E-state index is 6.27. The zero-order chi connectivity index (χ0) is 33.1. The largest absolute Gasteiger partial charge is 0.456 e. The van der Waals surface area contributed by atoms with Crippen molar-refractivity contribution >= 4 is 65.0 Å². The lowest BCUT2D eigenvalue weighted by atomic mass is 9.80. The molecule has 50 heavy (non-hydrogen) atoms. The van der Waals surface area contributed by atoms with Gasteiger partial charge in [0.1, 0.15) is 11.2 Å². The van der Waals surface area contributed by atoms with Gasteiger partial charge in [0.05, 0.1) is 0 Å². The minimum Gasteiger partial charge on any atom is -0.456 e. The van der Waals surface area contributed by atoms with Gasteiger partial charge in [-0.3, -0.25) is 0 Å². The monoisotopic (exact) mass is 636 g/mol. The molecule has 0 spiro atoms. The molecular formula is C49H32O. The van der Waals surface area contributed by atoms with E-state index in [1.165, 1.54) is 87.6 Å². The Balaban J connectivity index is 1.24. The highest BCUT2D eigenvalue weighted by Gasteiger charge is 2.37. The van der Waals surface area contributed by atoms with Crippen LogP contribution in [0.1, 0.15) is 25.0 Å². The molecule has 0 N–H and O–H groups in total. The molecule has 1 aliphatic rings. The lowest BCUT2D eigenvalue weighted by molar-refractivity contribution is 0.661. The van der Waals surface area contributed by atoms with Crippen LogP contribution in [0.15, 0.2) is 162 Å². The summed E-state index contributed by atoms with van der Waals surface area (Å²) >= 11 is 0. The summed E-state index contributed by atoms with van der Waals surface area (Å²) in [6.45, 7) is 4.76. The molecule has 1 aromatic heterocycles. The van der Waals surface area contributed by atoms with Gasteiger partial charge in [-0.2, -0.15) is 0 Å². The van der Waals surface area contributed by atoms with E-state index in [-0.39, 0.29) is 5.41 Å². The fourth-order valence-electron chi connectivity index (χ4n) is 9.04. The molecule has 1 nitrogen and oxygen atoms in total. The van der Waals surface area contributed by atoms with Crippen molar-refractivity contribution in [2.75, 3.05) is 0 Å². The van der Waals surface area contributed by atoms with E-state index in [4.69, 9.17) is 4.42 Å². The summed E-state index contributed by atoms with van der Waals surface area (Å²) in [4.78, 5) is 0. The summed E-state index contributed by atoms with van der Waals surface area (Å²) in [6, 6.07) is 58.3. The van der Waals surface area contributed by atoms with Crippen molar-refractivity contribution in [1.82, 2.24) is 0 Å². The van der Waals surface area contributed by atoms with Crippen LogP contribution in [0.4, 0.5) is 0 Å². The molecule has 0 bridgehead atoms. The molecule has 10 aromatic rings. The summed E-state index contributed by atoms with van der Waals surface area (Å²) in [5, 5.41) is 12.5. The number of rotatable bonds is 2. The van der Waals surface area contributed by atoms with Crippen LogP contribution in [0, 0.1) is 0 Å². The summed E-state index contributed by atoms with van der Waals surface area (Å²) in [5.74, 6) is 0. The Hall–Kier alpha value is -6.18. The Morgan fingerprint density at radius 1 is 0.360 bits per heavy atom. The van der Waals surface area contributed by atoms with E-state index >= 15 is 0 Å². The number of para-hydroxylation sites is 1. The van der Waals surface area contributed by atoms with Gasteiger partial charge in [0.15, 0.2) is 0 Å². The second kappa shape index (κ2) is 9.94. The zero-order valence-corrected chi connectivity index (χ0v) is 27.9. The van der Waals surface area contributed by atoms with Crippen molar-refractivity contribution in [1.29, 1.82) is 0 Å². The van der Waals surface area contributed by atoms with E-state index in [0.29, 0.717) is 0 Å². The van der Waals surface area contributed by atoms with Gasteiger partial charge in [0.25, 0.3) is 0 Å². The van der Waals surface area contributed by atoms with Gasteiger partial charge in [-0.05, 0) is 124 Å². The summed E-state index contributed by atoms with van der Waals surface area (Å²) in [6.07, 6.45) is 0. The average Bonchev–Trinajstić information content (AvgIpc) is 3.64. The first-order valence-corrected chi connectivity index (χ1v) is 17.5. The molecule has 0 aliphatic heterocycles. The Bertz CT molecular complexity index is 3060. The molecule has 0 fully saturated rings. The number of hydrogen-bond acceptors (Lipinski definition) is 1. The van der Waals surface area contributed by atoms with Crippen molar-refractivity contribution < 1.29 is 4.42 Å². The van der Waals surface area contributed by atoms with Crippen molar-refractivity contribution in [2.45, 2.75) is 19.3 Å². The molecule has 0 atom stereocenters. The highest BCUT2D eigenvalue weighted by atomic mass is 16.3. The normalized spacial score (nSPS) is 13.6. The fourth-order valence-corrected chi connectivity index (χ4v) is 9.04. The molecular weight excluding hydrogens is 605 g/mol. The Morgan fingerprint density at radius 3 is 1.92 bits per heavy atom. The fraction of sp³-hybridized carbons (Fsp3) is 0.0612.